The van der Waals surface area contributed by atoms with Crippen molar-refractivity contribution in [2.75, 3.05) is 0 Å². The quantitative estimate of drug-likeness (QED) is 0.644. The van der Waals surface area contributed by atoms with Gasteiger partial charge in [-0.3, -0.25) is 14.6 Å². The van der Waals surface area contributed by atoms with Crippen molar-refractivity contribution >= 4 is 22.7 Å². The molecule has 0 unspecified atom stereocenters. The number of benzene rings is 1. The fourth-order valence-electron chi connectivity index (χ4n) is 2.97. The van der Waals surface area contributed by atoms with Crippen molar-refractivity contribution in [1.29, 1.82) is 0 Å². The van der Waals surface area contributed by atoms with Crippen molar-refractivity contribution < 1.29 is 9.59 Å². The van der Waals surface area contributed by atoms with Crippen molar-refractivity contribution in [2.24, 2.45) is 17.6 Å². The molecular formula is C20H22N6O2. The first-order valence-corrected chi connectivity index (χ1v) is 9.03. The zero-order valence-corrected chi connectivity index (χ0v) is 15.8. The highest BCUT2D eigenvalue weighted by Gasteiger charge is 2.22. The smallest absolute Gasteiger partial charge is 0.271 e. The maximum atomic E-state index is 12.2. The molecule has 2 amide bonds. The molecule has 8 nitrogen and oxygen atoms in total. The molecule has 0 aliphatic heterocycles. The molecule has 2 aromatic heterocycles. The van der Waals surface area contributed by atoms with E-state index >= 15 is 0 Å². The molecule has 0 radical (unpaired) electrons. The maximum Gasteiger partial charge on any atom is 0.271 e. The first-order valence-electron chi connectivity index (χ1n) is 9.03. The lowest BCUT2D eigenvalue weighted by molar-refractivity contribution is -0.123. The van der Waals surface area contributed by atoms with Crippen LogP contribution in [0.15, 0.2) is 42.9 Å². The molecule has 3 N–H and O–H groups in total. The molecule has 0 spiro atoms. The van der Waals surface area contributed by atoms with Crippen LogP contribution in [0.5, 0.6) is 0 Å². The Morgan fingerprint density at radius 3 is 2.61 bits per heavy atom. The van der Waals surface area contributed by atoms with Crippen LogP contribution < -0.4 is 11.1 Å². The molecule has 3 aromatic rings. The van der Waals surface area contributed by atoms with Crippen LogP contribution in [-0.4, -0.2) is 31.8 Å². The summed E-state index contributed by atoms with van der Waals surface area (Å²) in [7, 11) is 0. The van der Waals surface area contributed by atoms with E-state index in [0.717, 1.165) is 16.6 Å². The van der Waals surface area contributed by atoms with Gasteiger partial charge in [-0.1, -0.05) is 32.0 Å². The van der Waals surface area contributed by atoms with Crippen molar-refractivity contribution in [3.05, 3.63) is 60.1 Å². The second-order valence-corrected chi connectivity index (χ2v) is 6.83. The van der Waals surface area contributed by atoms with Crippen molar-refractivity contribution in [2.45, 2.75) is 26.8 Å². The summed E-state index contributed by atoms with van der Waals surface area (Å²) in [6.07, 6.45) is 4.76. The molecule has 3 rings (SSSR count). The Morgan fingerprint density at radius 2 is 1.93 bits per heavy atom. The predicted molar refractivity (Wildman–Crippen MR) is 104 cm³/mol. The van der Waals surface area contributed by atoms with Crippen molar-refractivity contribution in [3.8, 4) is 0 Å². The van der Waals surface area contributed by atoms with Crippen molar-refractivity contribution in [1.82, 2.24) is 25.3 Å². The minimum atomic E-state index is -0.358. The van der Waals surface area contributed by atoms with Gasteiger partial charge in [-0.05, 0) is 12.0 Å². The van der Waals surface area contributed by atoms with Gasteiger partial charge in [0.05, 0.1) is 24.0 Å². The number of carbonyl (C=O) groups excluding carboxylic acids is 2. The highest BCUT2D eigenvalue weighted by molar-refractivity contribution is 5.91. The molecule has 2 heterocycles. The van der Waals surface area contributed by atoms with E-state index in [4.69, 9.17) is 5.73 Å². The molecular weight excluding hydrogens is 356 g/mol. The van der Waals surface area contributed by atoms with E-state index in [2.05, 4.69) is 25.3 Å². The Kier molecular flexibility index (Phi) is 5.88. The molecule has 28 heavy (non-hydrogen) atoms. The summed E-state index contributed by atoms with van der Waals surface area (Å²) in [5.74, 6) is -0.497. The number of aromatic nitrogens is 4. The number of hydrogen-bond donors (Lipinski definition) is 2. The van der Waals surface area contributed by atoms with E-state index in [9.17, 15) is 9.59 Å². The predicted octanol–water partition coefficient (Wildman–Crippen LogP) is 1.65. The van der Waals surface area contributed by atoms with Crippen molar-refractivity contribution in [3.63, 3.8) is 0 Å². The van der Waals surface area contributed by atoms with Gasteiger partial charge in [-0.2, -0.15) is 0 Å². The van der Waals surface area contributed by atoms with Gasteiger partial charge in [-0.25, -0.2) is 15.0 Å². The molecule has 144 valence electrons. The number of nitrogens with two attached hydrogens (primary N) is 1. The zero-order chi connectivity index (χ0) is 20.1. The Bertz CT molecular complexity index is 990. The van der Waals surface area contributed by atoms with Crippen LogP contribution >= 0.6 is 0 Å². The maximum absolute atomic E-state index is 12.2. The average Bonchev–Trinajstić information content (AvgIpc) is 2.70. The minimum Gasteiger partial charge on any atom is -0.369 e. The Labute approximate surface area is 162 Å². The number of fused-ring (bicyclic) bond motifs is 1. The van der Waals surface area contributed by atoms with Gasteiger partial charge in [0.15, 0.2) is 0 Å². The van der Waals surface area contributed by atoms with Gasteiger partial charge in [0.1, 0.15) is 11.5 Å². The number of primary amides is 1. The molecule has 1 aromatic carbocycles. The SMILES string of the molecule is CC(C)[C@H](Cc1nc(CNC(=O)c2cnccn2)nc2ccccc12)C(N)=O. The molecule has 0 aliphatic rings. The number of rotatable bonds is 7. The lowest BCUT2D eigenvalue weighted by Crippen LogP contribution is -2.30. The summed E-state index contributed by atoms with van der Waals surface area (Å²) in [5, 5.41) is 3.62. The monoisotopic (exact) mass is 378 g/mol. The molecule has 0 saturated heterocycles. The van der Waals surface area contributed by atoms with Crippen LogP contribution in [0.4, 0.5) is 0 Å². The second-order valence-electron chi connectivity index (χ2n) is 6.83. The van der Waals surface area contributed by atoms with Crippen LogP contribution in [0, 0.1) is 11.8 Å². The van der Waals surface area contributed by atoms with Crippen LogP contribution in [-0.2, 0) is 17.8 Å². The third-order valence-corrected chi connectivity index (χ3v) is 4.51. The van der Waals surface area contributed by atoms with Gasteiger partial charge in [0.2, 0.25) is 5.91 Å². The number of hydrogen-bond acceptors (Lipinski definition) is 6. The number of nitrogens with one attached hydrogen (secondary N) is 1. The minimum absolute atomic E-state index is 0.0889. The fraction of sp³-hybridized carbons (Fsp3) is 0.300. The van der Waals surface area contributed by atoms with Gasteiger partial charge in [-0.15, -0.1) is 0 Å². The third-order valence-electron chi connectivity index (χ3n) is 4.51. The number of amides is 2. The summed E-state index contributed by atoms with van der Waals surface area (Å²) in [4.78, 5) is 41.0. The van der Waals surface area contributed by atoms with E-state index in [1.54, 1.807) is 0 Å². The van der Waals surface area contributed by atoms with E-state index in [0.29, 0.717) is 12.2 Å². The molecule has 8 heteroatoms. The number of nitrogens with zero attached hydrogens (tertiary/aromatic N) is 4. The van der Waals surface area contributed by atoms with Crippen LogP contribution in [0.25, 0.3) is 10.9 Å². The highest BCUT2D eigenvalue weighted by atomic mass is 16.2. The second kappa shape index (κ2) is 8.51. The summed E-state index contributed by atoms with van der Waals surface area (Å²) >= 11 is 0. The Hall–Kier alpha value is -3.42. The summed E-state index contributed by atoms with van der Waals surface area (Å²) in [5.41, 5.74) is 7.29. The zero-order valence-electron chi connectivity index (χ0n) is 15.8. The first kappa shape index (κ1) is 19.3. The Balaban J connectivity index is 1.87. The van der Waals surface area contributed by atoms with E-state index in [1.165, 1.54) is 18.6 Å². The molecule has 1 atom stereocenters. The summed E-state index contributed by atoms with van der Waals surface area (Å²) in [6.45, 7) is 4.05. The van der Waals surface area contributed by atoms with E-state index in [-0.39, 0.29) is 35.9 Å². The topological polar surface area (TPSA) is 124 Å². The molecule has 0 bridgehead atoms. The number of para-hydroxylation sites is 1. The van der Waals surface area contributed by atoms with E-state index < -0.39 is 0 Å². The van der Waals surface area contributed by atoms with Crippen LogP contribution in [0.1, 0.15) is 35.9 Å². The summed E-state index contributed by atoms with van der Waals surface area (Å²) in [6, 6.07) is 7.59. The highest BCUT2D eigenvalue weighted by Crippen LogP contribution is 2.22. The van der Waals surface area contributed by atoms with Gasteiger partial charge in [0.25, 0.3) is 5.91 Å². The van der Waals surface area contributed by atoms with Gasteiger partial charge in [0, 0.05) is 30.1 Å². The lowest BCUT2D eigenvalue weighted by atomic mass is 9.89. The van der Waals surface area contributed by atoms with E-state index in [1.807, 2.05) is 38.1 Å². The van der Waals surface area contributed by atoms with Crippen LogP contribution in [0.3, 0.4) is 0 Å². The average molecular weight is 378 g/mol. The third kappa shape index (κ3) is 4.46. The standard InChI is InChI=1S/C20H22N6O2/c1-12(2)14(19(21)27)9-16-13-5-3-4-6-15(13)25-18(26-16)11-24-20(28)17-10-22-7-8-23-17/h3-8,10,12,14H,9,11H2,1-2H3,(H2,21,27)(H,24,28)/t14-/m0/s1. The normalized spacial score (nSPS) is 12.1. The molecule has 0 aliphatic carbocycles. The fourth-order valence-corrected chi connectivity index (χ4v) is 2.97. The van der Waals surface area contributed by atoms with Crippen LogP contribution in [0.2, 0.25) is 0 Å². The molecule has 0 fully saturated rings. The van der Waals surface area contributed by atoms with Gasteiger partial charge >= 0.3 is 0 Å². The summed E-state index contributed by atoms with van der Waals surface area (Å²) < 4.78 is 0. The Morgan fingerprint density at radius 1 is 1.14 bits per heavy atom. The largest absolute Gasteiger partial charge is 0.369 e. The molecule has 0 saturated carbocycles. The first-order chi connectivity index (χ1) is 13.5. The number of carbonyl (C=O) groups is 2. The van der Waals surface area contributed by atoms with Gasteiger partial charge < -0.3 is 11.1 Å². The lowest BCUT2D eigenvalue weighted by Gasteiger charge is -2.18.